The van der Waals surface area contributed by atoms with Gasteiger partial charge in [0.1, 0.15) is 6.04 Å². The van der Waals surface area contributed by atoms with Crippen LogP contribution in [-0.4, -0.2) is 58.5 Å². The smallest absolute Gasteiger partial charge is 0.330 e. The molecule has 0 radical (unpaired) electrons. The van der Waals surface area contributed by atoms with Gasteiger partial charge in [-0.2, -0.15) is 13.5 Å². The van der Waals surface area contributed by atoms with E-state index in [1.54, 1.807) is 41.3 Å². The van der Waals surface area contributed by atoms with Crippen LogP contribution in [0.25, 0.3) is 0 Å². The number of ether oxygens (including phenoxy) is 1. The molecule has 4 aromatic carbocycles. The summed E-state index contributed by atoms with van der Waals surface area (Å²) in [5.41, 5.74) is 2.71. The number of carboxylic acid groups (broad SMARTS) is 1. The van der Waals surface area contributed by atoms with Crippen molar-refractivity contribution >= 4 is 42.8 Å². The molecule has 2 aliphatic rings. The Morgan fingerprint density at radius 2 is 1.20 bits per heavy atom. The molecule has 4 aromatic rings. The lowest BCUT2D eigenvalue weighted by Gasteiger charge is -2.43. The van der Waals surface area contributed by atoms with E-state index < -0.39 is 24.0 Å². The molecular formula is C32H29N3O5S. The minimum Gasteiger partial charge on any atom is -0.480 e. The Balaban J connectivity index is 0.00000337. The maximum absolute atomic E-state index is 14.1. The zero-order chi connectivity index (χ0) is 27.6. The highest BCUT2D eigenvalue weighted by atomic mass is 32.1. The third-order valence-electron chi connectivity index (χ3n) is 7.36. The van der Waals surface area contributed by atoms with Crippen molar-refractivity contribution in [3.05, 3.63) is 120 Å². The summed E-state index contributed by atoms with van der Waals surface area (Å²) in [6.45, 7) is 0.154. The van der Waals surface area contributed by atoms with Gasteiger partial charge >= 0.3 is 12.0 Å². The van der Waals surface area contributed by atoms with Crippen LogP contribution in [0.3, 0.4) is 0 Å². The first-order chi connectivity index (χ1) is 19.5. The van der Waals surface area contributed by atoms with Crippen molar-refractivity contribution < 1.29 is 24.2 Å². The number of amides is 3. The van der Waals surface area contributed by atoms with Gasteiger partial charge in [-0.15, -0.1) is 0 Å². The molecule has 2 heterocycles. The van der Waals surface area contributed by atoms with Crippen LogP contribution >= 0.6 is 13.5 Å². The summed E-state index contributed by atoms with van der Waals surface area (Å²) in [4.78, 5) is 45.0. The number of piperazine rings is 1. The van der Waals surface area contributed by atoms with Gasteiger partial charge < -0.3 is 19.6 Å². The van der Waals surface area contributed by atoms with Gasteiger partial charge in [-0.3, -0.25) is 9.69 Å². The summed E-state index contributed by atoms with van der Waals surface area (Å²) in [5.74, 6) is -0.945. The molecule has 3 amide bonds. The number of para-hydroxylation sites is 4. The molecule has 0 aliphatic carbocycles. The first kappa shape index (κ1) is 27.8. The lowest BCUT2D eigenvalue weighted by atomic mass is 9.89. The lowest BCUT2D eigenvalue weighted by Crippen LogP contribution is -2.62. The van der Waals surface area contributed by atoms with Crippen LogP contribution in [0.1, 0.15) is 17.0 Å². The van der Waals surface area contributed by atoms with E-state index in [-0.39, 0.29) is 39.0 Å². The predicted octanol–water partition coefficient (Wildman–Crippen LogP) is 5.59. The minimum atomic E-state index is -1.22. The molecule has 8 nitrogen and oxygen atoms in total. The average molecular weight is 568 g/mol. The number of fused-ring (bicyclic) bond motifs is 2. The number of rotatable bonds is 4. The van der Waals surface area contributed by atoms with E-state index in [0.717, 1.165) is 11.1 Å². The summed E-state index contributed by atoms with van der Waals surface area (Å²) in [6.07, 6.45) is 0. The van der Waals surface area contributed by atoms with Crippen molar-refractivity contribution in [3.63, 3.8) is 0 Å². The van der Waals surface area contributed by atoms with Crippen molar-refractivity contribution in [3.8, 4) is 11.5 Å². The molecule has 1 fully saturated rings. The molecule has 0 bridgehead atoms. The molecular weight excluding hydrogens is 538 g/mol. The van der Waals surface area contributed by atoms with E-state index in [1.807, 2.05) is 72.8 Å². The summed E-state index contributed by atoms with van der Waals surface area (Å²) in [5, 5.41) is 10.2. The van der Waals surface area contributed by atoms with Gasteiger partial charge in [0.05, 0.1) is 23.8 Å². The molecule has 0 saturated carbocycles. The Kier molecular flexibility index (Phi) is 7.98. The van der Waals surface area contributed by atoms with Gasteiger partial charge in [0.25, 0.3) is 0 Å². The number of benzene rings is 4. The van der Waals surface area contributed by atoms with E-state index in [0.29, 0.717) is 22.9 Å². The predicted molar refractivity (Wildman–Crippen MR) is 160 cm³/mol. The Labute approximate surface area is 244 Å². The summed E-state index contributed by atoms with van der Waals surface area (Å²) < 4.78 is 6.00. The molecule has 1 saturated heterocycles. The van der Waals surface area contributed by atoms with Crippen LogP contribution in [-0.2, 0) is 9.59 Å². The number of urea groups is 1. The van der Waals surface area contributed by atoms with Crippen molar-refractivity contribution in [2.24, 2.45) is 0 Å². The van der Waals surface area contributed by atoms with Crippen molar-refractivity contribution in [1.29, 1.82) is 0 Å². The van der Waals surface area contributed by atoms with Crippen LogP contribution in [0.15, 0.2) is 109 Å². The highest BCUT2D eigenvalue weighted by molar-refractivity contribution is 7.59. The minimum absolute atomic E-state index is 0. The molecule has 6 rings (SSSR count). The number of hydrogen-bond acceptors (Lipinski definition) is 4. The van der Waals surface area contributed by atoms with Crippen LogP contribution < -0.4 is 9.64 Å². The number of carboxylic acids is 1. The van der Waals surface area contributed by atoms with E-state index >= 15 is 0 Å². The van der Waals surface area contributed by atoms with Crippen LogP contribution in [0, 0.1) is 0 Å². The zero-order valence-corrected chi connectivity index (χ0v) is 23.1. The highest BCUT2D eigenvalue weighted by Crippen LogP contribution is 2.47. The molecule has 41 heavy (non-hydrogen) atoms. The number of hydrogen-bond donors (Lipinski definition) is 1. The molecule has 208 valence electrons. The summed E-state index contributed by atoms with van der Waals surface area (Å²) >= 11 is 0. The Bertz CT molecular complexity index is 1480. The zero-order valence-electron chi connectivity index (χ0n) is 22.1. The fourth-order valence-corrected chi connectivity index (χ4v) is 5.41. The number of aliphatic carboxylic acids is 1. The van der Waals surface area contributed by atoms with E-state index in [2.05, 4.69) is 0 Å². The van der Waals surface area contributed by atoms with Gasteiger partial charge in [0.2, 0.25) is 5.91 Å². The quantitative estimate of drug-likeness (QED) is 0.347. The number of carbonyl (C=O) groups is 3. The van der Waals surface area contributed by atoms with Crippen LogP contribution in [0.2, 0.25) is 0 Å². The van der Waals surface area contributed by atoms with E-state index in [1.165, 1.54) is 9.80 Å². The van der Waals surface area contributed by atoms with Crippen LogP contribution in [0.4, 0.5) is 16.2 Å². The first-order valence-electron chi connectivity index (χ1n) is 13.1. The monoisotopic (exact) mass is 567 g/mol. The van der Waals surface area contributed by atoms with Gasteiger partial charge in [0.15, 0.2) is 11.5 Å². The summed E-state index contributed by atoms with van der Waals surface area (Å²) in [6, 6.07) is 31.5. The van der Waals surface area contributed by atoms with E-state index in [4.69, 9.17) is 4.74 Å². The van der Waals surface area contributed by atoms with Crippen molar-refractivity contribution in [2.45, 2.75) is 12.0 Å². The second-order valence-corrected chi connectivity index (χ2v) is 9.74. The Morgan fingerprint density at radius 1 is 0.707 bits per heavy atom. The Hall–Kier alpha value is -4.76. The number of carbonyl (C=O) groups excluding carboxylic acids is 2. The number of anilines is 2. The van der Waals surface area contributed by atoms with E-state index in [9.17, 15) is 19.5 Å². The molecule has 1 N–H and O–H groups in total. The maximum Gasteiger partial charge on any atom is 0.330 e. The molecule has 1 atom stereocenters. The topological polar surface area (TPSA) is 90.4 Å². The van der Waals surface area contributed by atoms with Crippen molar-refractivity contribution in [1.82, 2.24) is 9.80 Å². The Morgan fingerprint density at radius 3 is 1.71 bits per heavy atom. The molecule has 9 heteroatoms. The molecule has 0 spiro atoms. The van der Waals surface area contributed by atoms with Crippen LogP contribution in [0.5, 0.6) is 11.5 Å². The second-order valence-electron chi connectivity index (χ2n) is 9.74. The molecule has 0 unspecified atom stereocenters. The largest absolute Gasteiger partial charge is 0.480 e. The van der Waals surface area contributed by atoms with Gasteiger partial charge in [-0.25, -0.2) is 9.59 Å². The fourth-order valence-electron chi connectivity index (χ4n) is 5.41. The van der Waals surface area contributed by atoms with Crippen molar-refractivity contribution in [2.75, 3.05) is 24.5 Å². The number of nitrogens with zero attached hydrogens (tertiary/aromatic N) is 3. The third kappa shape index (κ3) is 5.24. The SMILES string of the molecule is O=C(O)[C@@H]1CN(C(=O)C(c2ccccc2)c2ccccc2)CCN1C(=O)N1c2ccccc2Oc2ccccc21.S. The fraction of sp³-hybridized carbons (Fsp3) is 0.156. The standard InChI is InChI=1S/C32H27N3O5.H2S/c36-30(29(22-11-3-1-4-12-22)23-13-5-2-6-14-23)33-19-20-34(26(21-33)31(37)38)32(39)35-24-15-7-9-17-27(24)40-28-18-10-8-16-25(28)35;/h1-18,26,29H,19-21H2,(H,37,38);1H2/t26-;/m0./s1. The van der Waals surface area contributed by atoms with Gasteiger partial charge in [-0.05, 0) is 35.4 Å². The lowest BCUT2D eigenvalue weighted by molar-refractivity contribution is -0.146. The summed E-state index contributed by atoms with van der Waals surface area (Å²) in [7, 11) is 0. The van der Waals surface area contributed by atoms with Gasteiger partial charge in [0, 0.05) is 13.1 Å². The molecule has 2 aliphatic heterocycles. The average Bonchev–Trinajstić information content (AvgIpc) is 3.00. The van der Waals surface area contributed by atoms with Gasteiger partial charge in [-0.1, -0.05) is 84.9 Å². The molecule has 0 aromatic heterocycles. The first-order valence-corrected chi connectivity index (χ1v) is 13.1. The maximum atomic E-state index is 14.1. The normalized spacial score (nSPS) is 15.7. The third-order valence-corrected chi connectivity index (χ3v) is 7.36. The highest BCUT2D eigenvalue weighted by Gasteiger charge is 2.42. The second kappa shape index (κ2) is 11.8.